The van der Waals surface area contributed by atoms with Gasteiger partial charge in [-0.3, -0.25) is 41.5 Å². The summed E-state index contributed by atoms with van der Waals surface area (Å²) >= 11 is 0. The molecule has 0 amide bonds. The number of phosphoric acid groups is 2. The van der Waals surface area contributed by atoms with Crippen LogP contribution in [0.5, 0.6) is 0 Å². The molecule has 46 heavy (non-hydrogen) atoms. The van der Waals surface area contributed by atoms with Gasteiger partial charge in [0.2, 0.25) is 5.95 Å². The van der Waals surface area contributed by atoms with E-state index in [1.54, 1.807) is 0 Å². The molecule has 0 aromatic carbocycles. The van der Waals surface area contributed by atoms with E-state index in [0.717, 1.165) is 13.4 Å². The summed E-state index contributed by atoms with van der Waals surface area (Å²) in [5, 5.41) is 22.4. The predicted octanol–water partition coefficient (Wildman–Crippen LogP) is -1.69. The Bertz CT molecular complexity index is 1950. The number of hydrogen-bond acceptors (Lipinski definition) is 19. The lowest BCUT2D eigenvalue weighted by Crippen LogP contribution is -2.36. The summed E-state index contributed by atoms with van der Waals surface area (Å²) in [6.07, 6.45) is -8.54. The fraction of sp³-hybridized carbons (Fsp3) is 0.524. The van der Waals surface area contributed by atoms with Gasteiger partial charge in [0.05, 0.1) is 25.9 Å². The minimum atomic E-state index is -5.04. The van der Waals surface area contributed by atoms with E-state index < -0.39 is 83.5 Å². The second-order valence-electron chi connectivity index (χ2n) is 10.3. The molecule has 3 saturated heterocycles. The quantitative estimate of drug-likeness (QED) is 0.131. The van der Waals surface area contributed by atoms with Gasteiger partial charge in [-0.2, -0.15) is 4.98 Å². The van der Waals surface area contributed by atoms with Crippen LogP contribution in [0.3, 0.4) is 0 Å². The first kappa shape index (κ1) is 31.2. The van der Waals surface area contributed by atoms with Crippen LogP contribution < -0.4 is 17.0 Å². The zero-order chi connectivity index (χ0) is 32.5. The number of ether oxygens (including phenoxy) is 2. The smallest absolute Gasteiger partial charge is 0.387 e. The highest BCUT2D eigenvalue weighted by atomic mass is 31.2. The Labute approximate surface area is 255 Å². The normalized spacial score (nSPS) is 37.1. The van der Waals surface area contributed by atoms with E-state index in [1.807, 2.05) is 0 Å². The largest absolute Gasteiger partial charge is 0.475 e. The molecular formula is C21H26N10O13P2. The molecule has 3 aliphatic heterocycles. The zero-order valence-electron chi connectivity index (χ0n) is 23.4. The summed E-state index contributed by atoms with van der Waals surface area (Å²) in [6.45, 7) is -1.47. The summed E-state index contributed by atoms with van der Waals surface area (Å²) in [6, 6.07) is 0. The third-order valence-electron chi connectivity index (χ3n) is 7.54. The van der Waals surface area contributed by atoms with Crippen LogP contribution in [0.4, 0.5) is 11.8 Å². The number of hydrogen-bond donors (Lipinski definition) is 6. The maximum Gasteiger partial charge on any atom is 0.475 e. The van der Waals surface area contributed by atoms with Gasteiger partial charge < -0.3 is 36.0 Å². The molecule has 2 bridgehead atoms. The second kappa shape index (κ2) is 11.4. The SMILES string of the molecule is COP1(=O)OC[C@H]2O[C@@H](n3cnc4c(N)ncnc43)C(O)C2OP(=O)(O)OC[C@H]2O[C@@H](n3cnc4c(=O)[nH]c(N)nc43)C(O1)C2O. The highest BCUT2D eigenvalue weighted by Crippen LogP contribution is 2.56. The number of nitrogen functional groups attached to an aromatic ring is 2. The Kier molecular flexibility index (Phi) is 7.70. The molecule has 3 fully saturated rings. The van der Waals surface area contributed by atoms with E-state index in [1.165, 1.54) is 21.8 Å². The van der Waals surface area contributed by atoms with Crippen molar-refractivity contribution in [2.75, 3.05) is 31.8 Å². The highest BCUT2D eigenvalue weighted by molar-refractivity contribution is 7.48. The Hall–Kier alpha value is -3.44. The number of fused-ring (bicyclic) bond motifs is 5. The van der Waals surface area contributed by atoms with Crippen LogP contribution in [-0.4, -0.2) is 111 Å². The Morgan fingerprint density at radius 3 is 2.37 bits per heavy atom. The van der Waals surface area contributed by atoms with Crippen LogP contribution in [-0.2, 0) is 41.2 Å². The average molecular weight is 688 g/mol. The number of nitrogens with two attached hydrogens (primary N) is 2. The molecule has 4 aromatic rings. The lowest BCUT2D eigenvalue weighted by atomic mass is 10.1. The summed E-state index contributed by atoms with van der Waals surface area (Å²) in [7, 11) is -8.65. The van der Waals surface area contributed by atoms with Crippen molar-refractivity contribution in [3.63, 3.8) is 0 Å². The van der Waals surface area contributed by atoms with E-state index in [2.05, 4.69) is 29.9 Å². The monoisotopic (exact) mass is 688 g/mol. The molecule has 0 saturated carbocycles. The molecule has 6 unspecified atom stereocenters. The van der Waals surface area contributed by atoms with Gasteiger partial charge in [0.15, 0.2) is 35.1 Å². The van der Waals surface area contributed by atoms with E-state index in [4.69, 9.17) is 43.6 Å². The molecule has 8 N–H and O–H groups in total. The summed E-state index contributed by atoms with van der Waals surface area (Å²) < 4.78 is 68.0. The van der Waals surface area contributed by atoms with Crippen molar-refractivity contribution in [3.05, 3.63) is 29.3 Å². The number of aliphatic hydroxyl groups is 2. The van der Waals surface area contributed by atoms with E-state index in [-0.39, 0.29) is 34.1 Å². The number of nitrogens with zero attached hydrogens (tertiary/aromatic N) is 7. The molecule has 248 valence electrons. The Balaban J connectivity index is 1.22. The Morgan fingerprint density at radius 1 is 0.913 bits per heavy atom. The third kappa shape index (κ3) is 5.29. The number of phosphoric ester groups is 2. The summed E-state index contributed by atoms with van der Waals surface area (Å²) in [4.78, 5) is 45.5. The lowest BCUT2D eigenvalue weighted by molar-refractivity contribution is -0.0683. The van der Waals surface area contributed by atoms with Crippen LogP contribution in [0.15, 0.2) is 23.8 Å². The molecule has 0 spiro atoms. The molecular weight excluding hydrogens is 662 g/mol. The fourth-order valence-electron chi connectivity index (χ4n) is 5.38. The van der Waals surface area contributed by atoms with Crippen molar-refractivity contribution in [2.24, 2.45) is 0 Å². The highest BCUT2D eigenvalue weighted by Gasteiger charge is 2.54. The third-order valence-corrected chi connectivity index (χ3v) is 9.94. The lowest BCUT2D eigenvalue weighted by Gasteiger charge is -2.27. The predicted molar refractivity (Wildman–Crippen MR) is 148 cm³/mol. The maximum absolute atomic E-state index is 13.8. The van der Waals surface area contributed by atoms with Gasteiger partial charge in [0.1, 0.15) is 48.5 Å². The number of aromatic amines is 1. The first-order chi connectivity index (χ1) is 21.9. The van der Waals surface area contributed by atoms with Crippen LogP contribution in [0, 0.1) is 0 Å². The van der Waals surface area contributed by atoms with Crippen LogP contribution in [0.1, 0.15) is 12.5 Å². The summed E-state index contributed by atoms with van der Waals surface area (Å²) in [5.74, 6) is -0.204. The number of rotatable bonds is 3. The molecule has 0 aliphatic carbocycles. The number of aliphatic hydroxyl groups excluding tert-OH is 2. The number of aromatic nitrogens is 8. The molecule has 4 aromatic heterocycles. The average Bonchev–Trinajstić information content (AvgIpc) is 3.77. The molecule has 7 rings (SSSR count). The molecule has 23 nitrogen and oxygen atoms in total. The first-order valence-electron chi connectivity index (χ1n) is 13.3. The van der Waals surface area contributed by atoms with Gasteiger partial charge in [0, 0.05) is 7.11 Å². The van der Waals surface area contributed by atoms with Crippen molar-refractivity contribution < 1.29 is 56.3 Å². The van der Waals surface area contributed by atoms with Gasteiger partial charge in [-0.15, -0.1) is 0 Å². The second-order valence-corrected chi connectivity index (χ2v) is 13.4. The minimum Gasteiger partial charge on any atom is -0.387 e. The van der Waals surface area contributed by atoms with Crippen molar-refractivity contribution in [1.82, 2.24) is 39.0 Å². The van der Waals surface area contributed by atoms with Gasteiger partial charge >= 0.3 is 15.6 Å². The topological polar surface area (TPSA) is 319 Å². The Morgan fingerprint density at radius 2 is 1.61 bits per heavy atom. The van der Waals surface area contributed by atoms with Crippen LogP contribution in [0.25, 0.3) is 22.3 Å². The van der Waals surface area contributed by atoms with Crippen molar-refractivity contribution >= 4 is 49.7 Å². The van der Waals surface area contributed by atoms with Crippen molar-refractivity contribution in [2.45, 2.75) is 49.1 Å². The van der Waals surface area contributed by atoms with Crippen molar-refractivity contribution in [3.8, 4) is 0 Å². The molecule has 10 atom stereocenters. The molecule has 3 aliphatic rings. The summed E-state index contributed by atoms with van der Waals surface area (Å²) in [5.41, 5.74) is 11.0. The van der Waals surface area contributed by atoms with Gasteiger partial charge in [-0.25, -0.2) is 29.1 Å². The van der Waals surface area contributed by atoms with Crippen molar-refractivity contribution in [1.29, 1.82) is 0 Å². The number of nitrogens with one attached hydrogen (secondary N) is 1. The first-order valence-corrected chi connectivity index (χ1v) is 16.3. The van der Waals surface area contributed by atoms with Gasteiger partial charge in [-0.1, -0.05) is 0 Å². The van der Waals surface area contributed by atoms with Gasteiger partial charge in [0.25, 0.3) is 5.56 Å². The standard InChI is InChI=1S/C21H26N10O13P2/c1-38-46(37)40-3-8-13(12(33)19(42-8)30-5-26-9-15(22)24-4-25-16(9)30)43-45(35,36)39-2-7-11(32)14(44-46)20(41-7)31-6-27-10-17(31)28-21(23)29-18(10)34/h4-8,11-14,19-20,32-33H,2-3H2,1H3,(H,35,36)(H2,22,24,25)(H3,23,28,29,34)/t7-,8-,11?,12?,13?,14?,19-,20-,46?/m1/s1. The maximum atomic E-state index is 13.8. The fourth-order valence-corrected chi connectivity index (χ4v) is 7.46. The molecule has 0 radical (unpaired) electrons. The van der Waals surface area contributed by atoms with E-state index in [9.17, 15) is 29.0 Å². The molecule has 7 heterocycles. The van der Waals surface area contributed by atoms with E-state index >= 15 is 0 Å². The van der Waals surface area contributed by atoms with E-state index in [0.29, 0.717) is 0 Å². The van der Waals surface area contributed by atoms with Gasteiger partial charge in [-0.05, 0) is 0 Å². The minimum absolute atomic E-state index is 0.0527. The van der Waals surface area contributed by atoms with Crippen LogP contribution in [0.2, 0.25) is 0 Å². The van der Waals surface area contributed by atoms with Crippen LogP contribution >= 0.6 is 15.6 Å². The zero-order valence-corrected chi connectivity index (χ0v) is 25.2. The number of imidazole rings is 2. The molecule has 25 heteroatoms. The number of anilines is 2. The number of H-pyrrole nitrogens is 1.